The number of anilines is 1. The van der Waals surface area contributed by atoms with Crippen molar-refractivity contribution in [3.05, 3.63) is 30.4 Å². The monoisotopic (exact) mass is 264 g/mol. The lowest BCUT2D eigenvalue weighted by Gasteiger charge is -2.12. The van der Waals surface area contributed by atoms with Gasteiger partial charge in [0.25, 0.3) is 0 Å². The third-order valence-corrected chi connectivity index (χ3v) is 2.33. The Hall–Kier alpha value is -2.57. The van der Waals surface area contributed by atoms with Crippen LogP contribution >= 0.6 is 0 Å². The molecule has 1 rings (SSSR count). The molecule has 2 N–H and O–H groups in total. The predicted molar refractivity (Wildman–Crippen MR) is 72.3 cm³/mol. The molecule has 0 aliphatic heterocycles. The van der Waals surface area contributed by atoms with Crippen molar-refractivity contribution in [3.8, 4) is 0 Å². The Morgan fingerprint density at radius 3 is 2.84 bits per heavy atom. The Balaban J connectivity index is 2.62. The summed E-state index contributed by atoms with van der Waals surface area (Å²) in [5, 5.41) is 11.5. The predicted octanol–water partition coefficient (Wildman–Crippen LogP) is 0.765. The van der Waals surface area contributed by atoms with Crippen molar-refractivity contribution < 1.29 is 14.7 Å². The number of aromatic nitrogens is 1. The van der Waals surface area contributed by atoms with Crippen LogP contribution in [0.25, 0.3) is 0 Å². The number of amides is 1. The van der Waals surface area contributed by atoms with Crippen molar-refractivity contribution in [2.24, 2.45) is 12.0 Å². The number of likely N-dealkylation sites (N-methyl/N-ethyl adjacent to an activating group) is 1. The lowest BCUT2D eigenvalue weighted by atomic mass is 10.4. The number of aliphatic imine (C=N–C) groups is 1. The molecule has 7 heteroatoms. The molecule has 102 valence electrons. The van der Waals surface area contributed by atoms with Crippen molar-refractivity contribution in [2.75, 3.05) is 18.9 Å². The summed E-state index contributed by atoms with van der Waals surface area (Å²) in [6, 6.07) is 1.40. The second kappa shape index (κ2) is 6.39. The van der Waals surface area contributed by atoms with Crippen molar-refractivity contribution in [3.63, 3.8) is 0 Å². The minimum absolute atomic E-state index is 0.111. The number of aromatic carboxylic acids is 1. The molecule has 0 atom stereocenters. The molecular formula is C12H16N4O3. The number of carbonyl (C=O) groups is 2. The number of aryl methyl sites for hydroxylation is 1. The average Bonchev–Trinajstić information content (AvgIpc) is 2.67. The second-order valence-electron chi connectivity index (χ2n) is 3.97. The van der Waals surface area contributed by atoms with E-state index in [-0.39, 0.29) is 18.1 Å². The highest BCUT2D eigenvalue weighted by atomic mass is 16.4. The molecule has 0 spiro atoms. The number of nitrogens with zero attached hydrogens (tertiary/aromatic N) is 3. The lowest BCUT2D eigenvalue weighted by molar-refractivity contribution is -0.116. The molecule has 19 heavy (non-hydrogen) atoms. The highest BCUT2D eigenvalue weighted by molar-refractivity contribution is 5.94. The van der Waals surface area contributed by atoms with Gasteiger partial charge in [0, 0.05) is 32.7 Å². The van der Waals surface area contributed by atoms with E-state index in [2.05, 4.69) is 17.0 Å². The van der Waals surface area contributed by atoms with Gasteiger partial charge >= 0.3 is 5.97 Å². The van der Waals surface area contributed by atoms with Gasteiger partial charge in [-0.2, -0.15) is 0 Å². The molecule has 1 aromatic rings. The molecule has 0 saturated carbocycles. The summed E-state index contributed by atoms with van der Waals surface area (Å²) < 4.78 is 1.43. The van der Waals surface area contributed by atoms with Crippen molar-refractivity contribution in [2.45, 2.75) is 0 Å². The molecule has 0 unspecified atom stereocenters. The van der Waals surface area contributed by atoms with Crippen LogP contribution in [-0.4, -0.2) is 46.8 Å². The van der Waals surface area contributed by atoms with Gasteiger partial charge in [-0.3, -0.25) is 9.79 Å². The standard InChI is InChI=1S/C12H16N4O3/c1-13-4-5-15(2)8-11(17)14-9-6-10(12(18)19)16(3)7-9/h4-7H,1,8H2,2-3H3,(H,14,17)(H,18,19)/b5-4-. The maximum absolute atomic E-state index is 11.7. The number of nitrogens with one attached hydrogen (secondary N) is 1. The first-order chi connectivity index (χ1) is 8.93. The third kappa shape index (κ3) is 4.30. The van der Waals surface area contributed by atoms with E-state index in [0.29, 0.717) is 5.69 Å². The zero-order chi connectivity index (χ0) is 14.4. The zero-order valence-electron chi connectivity index (χ0n) is 10.8. The third-order valence-electron chi connectivity index (χ3n) is 2.33. The molecule has 0 radical (unpaired) electrons. The number of rotatable bonds is 6. The fourth-order valence-corrected chi connectivity index (χ4v) is 1.49. The van der Waals surface area contributed by atoms with Gasteiger partial charge in [0.1, 0.15) is 5.69 Å². The minimum atomic E-state index is -1.04. The average molecular weight is 264 g/mol. The molecule has 0 aliphatic rings. The Labute approximate surface area is 110 Å². The minimum Gasteiger partial charge on any atom is -0.477 e. The van der Waals surface area contributed by atoms with E-state index in [4.69, 9.17) is 5.11 Å². The normalized spacial score (nSPS) is 10.4. The van der Waals surface area contributed by atoms with Crippen LogP contribution in [0.1, 0.15) is 10.5 Å². The van der Waals surface area contributed by atoms with Crippen LogP contribution in [0.4, 0.5) is 5.69 Å². The summed E-state index contributed by atoms with van der Waals surface area (Å²) in [6.07, 6.45) is 4.63. The van der Waals surface area contributed by atoms with E-state index in [0.717, 1.165) is 0 Å². The van der Waals surface area contributed by atoms with Gasteiger partial charge in [-0.25, -0.2) is 4.79 Å². The highest BCUT2D eigenvalue weighted by Crippen LogP contribution is 2.12. The zero-order valence-corrected chi connectivity index (χ0v) is 10.8. The van der Waals surface area contributed by atoms with Crippen LogP contribution in [0, 0.1) is 0 Å². The van der Waals surface area contributed by atoms with Gasteiger partial charge in [0.15, 0.2) is 0 Å². The van der Waals surface area contributed by atoms with Crippen LogP contribution in [0.3, 0.4) is 0 Å². The number of carboxylic acids is 1. The van der Waals surface area contributed by atoms with Crippen LogP contribution < -0.4 is 5.32 Å². The van der Waals surface area contributed by atoms with E-state index >= 15 is 0 Å². The summed E-state index contributed by atoms with van der Waals surface area (Å²) in [5.41, 5.74) is 0.559. The summed E-state index contributed by atoms with van der Waals surface area (Å²) in [6.45, 7) is 3.41. The molecule has 1 heterocycles. The van der Waals surface area contributed by atoms with E-state index in [1.165, 1.54) is 16.8 Å². The molecule has 0 bridgehead atoms. The van der Waals surface area contributed by atoms with E-state index in [9.17, 15) is 9.59 Å². The van der Waals surface area contributed by atoms with Crippen LogP contribution in [0.5, 0.6) is 0 Å². The quantitative estimate of drug-likeness (QED) is 0.743. The Kier molecular flexibility index (Phi) is 4.87. The molecule has 1 aromatic heterocycles. The molecule has 7 nitrogen and oxygen atoms in total. The molecule has 1 amide bonds. The van der Waals surface area contributed by atoms with Gasteiger partial charge in [0.05, 0.1) is 12.2 Å². The van der Waals surface area contributed by atoms with Gasteiger partial charge in [-0.15, -0.1) is 0 Å². The first-order valence-corrected chi connectivity index (χ1v) is 5.46. The SMILES string of the molecule is C=N/C=C\N(C)CC(=O)Nc1cc(C(=O)O)n(C)c1. The number of hydrogen-bond acceptors (Lipinski definition) is 4. The number of hydrogen-bond donors (Lipinski definition) is 2. The molecular weight excluding hydrogens is 248 g/mol. The van der Waals surface area contributed by atoms with Crippen molar-refractivity contribution in [1.82, 2.24) is 9.47 Å². The fourth-order valence-electron chi connectivity index (χ4n) is 1.49. The lowest BCUT2D eigenvalue weighted by Crippen LogP contribution is -2.26. The van der Waals surface area contributed by atoms with E-state index in [1.807, 2.05) is 0 Å². The van der Waals surface area contributed by atoms with Gasteiger partial charge < -0.3 is 19.9 Å². The van der Waals surface area contributed by atoms with Gasteiger partial charge in [-0.1, -0.05) is 0 Å². The molecule has 0 aliphatic carbocycles. The molecule has 0 aromatic carbocycles. The second-order valence-corrected chi connectivity index (χ2v) is 3.97. The summed E-state index contributed by atoms with van der Waals surface area (Å²) in [5.74, 6) is -1.29. The Morgan fingerprint density at radius 1 is 1.63 bits per heavy atom. The van der Waals surface area contributed by atoms with Crippen LogP contribution in [-0.2, 0) is 11.8 Å². The number of carboxylic acid groups (broad SMARTS) is 1. The maximum Gasteiger partial charge on any atom is 0.352 e. The summed E-state index contributed by atoms with van der Waals surface area (Å²) in [7, 11) is 3.32. The van der Waals surface area contributed by atoms with E-state index < -0.39 is 5.97 Å². The number of carbonyl (C=O) groups excluding carboxylic acids is 1. The van der Waals surface area contributed by atoms with Gasteiger partial charge in [0.2, 0.25) is 5.91 Å². The smallest absolute Gasteiger partial charge is 0.352 e. The molecule has 0 fully saturated rings. The maximum atomic E-state index is 11.7. The first kappa shape index (κ1) is 14.5. The van der Waals surface area contributed by atoms with Gasteiger partial charge in [-0.05, 0) is 12.8 Å². The van der Waals surface area contributed by atoms with E-state index in [1.54, 1.807) is 31.4 Å². The Morgan fingerprint density at radius 2 is 2.32 bits per heavy atom. The first-order valence-electron chi connectivity index (χ1n) is 5.46. The van der Waals surface area contributed by atoms with Crippen molar-refractivity contribution >= 4 is 24.3 Å². The van der Waals surface area contributed by atoms with Crippen molar-refractivity contribution in [1.29, 1.82) is 0 Å². The summed E-state index contributed by atoms with van der Waals surface area (Å²) >= 11 is 0. The largest absolute Gasteiger partial charge is 0.477 e. The highest BCUT2D eigenvalue weighted by Gasteiger charge is 2.12. The Bertz CT molecular complexity index is 519. The van der Waals surface area contributed by atoms with Crippen LogP contribution in [0.15, 0.2) is 29.7 Å². The summed E-state index contributed by atoms with van der Waals surface area (Å²) in [4.78, 5) is 27.7. The topological polar surface area (TPSA) is 86.9 Å². The molecule has 0 saturated heterocycles. The fraction of sp³-hybridized carbons (Fsp3) is 0.250. The van der Waals surface area contributed by atoms with Crippen LogP contribution in [0.2, 0.25) is 0 Å².